The van der Waals surface area contributed by atoms with Gasteiger partial charge in [-0.15, -0.1) is 0 Å². The molecule has 0 aliphatic rings. The van der Waals surface area contributed by atoms with Crippen molar-refractivity contribution in [2.45, 2.75) is 51.0 Å². The Morgan fingerprint density at radius 1 is 0.818 bits per heavy atom. The molecule has 14 heteroatoms. The standard InChI is InChI=1S/C30H29Cl3FNO8S/c1-16-6-17(2)9-20(8-16)29(36)41-15-26(43-44(38,39)27-13-23(32)22(31)12-24(27)33)28(25(34)14-35-40-5)42-30(37)21-10-18(3)7-19(4)11-21/h6-14,25-26,28H,15H2,1-5H3/t25-,26-,28-/m0/s1. The second kappa shape index (κ2) is 15.2. The number of aryl methyl sites for hydroxylation is 4. The monoisotopic (exact) mass is 687 g/mol. The van der Waals surface area contributed by atoms with E-state index in [0.717, 1.165) is 41.5 Å². The molecule has 0 saturated heterocycles. The normalized spacial score (nSPS) is 13.8. The average Bonchev–Trinajstić information content (AvgIpc) is 2.93. The molecule has 0 fully saturated rings. The van der Waals surface area contributed by atoms with E-state index in [2.05, 4.69) is 9.99 Å². The van der Waals surface area contributed by atoms with Crippen LogP contribution >= 0.6 is 34.8 Å². The van der Waals surface area contributed by atoms with Crippen LogP contribution in [0.5, 0.6) is 0 Å². The lowest BCUT2D eigenvalue weighted by Crippen LogP contribution is -2.45. The van der Waals surface area contributed by atoms with E-state index in [1.54, 1.807) is 39.8 Å². The maximum absolute atomic E-state index is 15.7. The Labute approximate surface area is 269 Å². The molecule has 0 aliphatic carbocycles. The van der Waals surface area contributed by atoms with Gasteiger partial charge in [0, 0.05) is 0 Å². The maximum Gasteiger partial charge on any atom is 0.338 e. The minimum atomic E-state index is -4.87. The van der Waals surface area contributed by atoms with E-state index in [9.17, 15) is 18.0 Å². The highest BCUT2D eigenvalue weighted by atomic mass is 35.5. The molecule has 0 saturated carbocycles. The summed E-state index contributed by atoms with van der Waals surface area (Å²) in [6, 6.07) is 11.8. The summed E-state index contributed by atoms with van der Waals surface area (Å²) in [5.41, 5.74) is 3.18. The molecule has 3 aromatic carbocycles. The number of benzene rings is 3. The van der Waals surface area contributed by atoms with Crippen LogP contribution in [0.15, 0.2) is 58.6 Å². The van der Waals surface area contributed by atoms with Crippen molar-refractivity contribution in [1.29, 1.82) is 0 Å². The van der Waals surface area contributed by atoms with Gasteiger partial charge in [0.25, 0.3) is 10.1 Å². The predicted molar refractivity (Wildman–Crippen MR) is 165 cm³/mol. The third-order valence-electron chi connectivity index (χ3n) is 6.02. The molecule has 0 bridgehead atoms. The van der Waals surface area contributed by atoms with Crippen LogP contribution in [-0.4, -0.2) is 58.7 Å². The molecule has 9 nitrogen and oxygen atoms in total. The van der Waals surface area contributed by atoms with Gasteiger partial charge in [-0.25, -0.2) is 14.0 Å². The van der Waals surface area contributed by atoms with Crippen molar-refractivity contribution in [3.8, 4) is 0 Å². The van der Waals surface area contributed by atoms with Gasteiger partial charge >= 0.3 is 11.9 Å². The second-order valence-corrected chi connectivity index (χ2v) is 12.7. The summed E-state index contributed by atoms with van der Waals surface area (Å²) in [5.74, 6) is -1.87. The molecule has 0 spiro atoms. The van der Waals surface area contributed by atoms with E-state index < -0.39 is 51.9 Å². The van der Waals surface area contributed by atoms with Crippen molar-refractivity contribution < 1.29 is 40.9 Å². The molecular formula is C30H29Cl3FNO8S. The van der Waals surface area contributed by atoms with Gasteiger partial charge in [-0.2, -0.15) is 8.42 Å². The summed E-state index contributed by atoms with van der Waals surface area (Å²) in [6.07, 6.45) is -5.63. The smallest absolute Gasteiger partial charge is 0.338 e. The Bertz CT molecular complexity index is 1640. The van der Waals surface area contributed by atoms with Gasteiger partial charge < -0.3 is 14.3 Å². The molecular weight excluding hydrogens is 660 g/mol. The van der Waals surface area contributed by atoms with E-state index in [0.29, 0.717) is 6.21 Å². The number of esters is 2. The molecule has 3 atom stereocenters. The van der Waals surface area contributed by atoms with Gasteiger partial charge in [0.2, 0.25) is 0 Å². The Balaban J connectivity index is 2.06. The van der Waals surface area contributed by atoms with E-state index >= 15 is 4.39 Å². The van der Waals surface area contributed by atoms with Gasteiger partial charge in [-0.3, -0.25) is 4.18 Å². The zero-order valence-electron chi connectivity index (χ0n) is 24.3. The molecule has 0 aromatic heterocycles. The number of carbonyl (C=O) groups excluding carboxylic acids is 2. The first kappa shape index (κ1) is 35.3. The van der Waals surface area contributed by atoms with E-state index in [-0.39, 0.29) is 26.2 Å². The minimum Gasteiger partial charge on any atom is -0.459 e. The maximum atomic E-state index is 15.7. The minimum absolute atomic E-state index is 0.0330. The van der Waals surface area contributed by atoms with Crippen LogP contribution in [0.3, 0.4) is 0 Å². The Morgan fingerprint density at radius 3 is 1.84 bits per heavy atom. The van der Waals surface area contributed by atoms with Gasteiger partial charge in [-0.1, -0.05) is 74.3 Å². The van der Waals surface area contributed by atoms with Crippen molar-refractivity contribution >= 4 is 63.1 Å². The molecule has 3 aromatic rings. The van der Waals surface area contributed by atoms with Crippen LogP contribution in [0.1, 0.15) is 43.0 Å². The van der Waals surface area contributed by atoms with Crippen molar-refractivity contribution in [3.63, 3.8) is 0 Å². The third-order valence-corrected chi connectivity index (χ3v) is 8.54. The SMILES string of the molecule is CON=C[C@H](F)[C@H](OC(=O)c1cc(C)cc(C)c1)[C@H](COC(=O)c1cc(C)cc(C)c1)OS(=O)(=O)c1cc(Cl)c(Cl)cc1Cl. The van der Waals surface area contributed by atoms with Crippen LogP contribution in [-0.2, 0) is 28.6 Å². The van der Waals surface area contributed by atoms with Gasteiger partial charge in [0.1, 0.15) is 18.6 Å². The lowest BCUT2D eigenvalue weighted by Gasteiger charge is -2.27. The van der Waals surface area contributed by atoms with Crippen LogP contribution < -0.4 is 0 Å². The van der Waals surface area contributed by atoms with Crippen molar-refractivity contribution in [2.75, 3.05) is 13.7 Å². The van der Waals surface area contributed by atoms with Crippen LogP contribution in [0.4, 0.5) is 4.39 Å². The summed E-state index contributed by atoms with van der Waals surface area (Å²) >= 11 is 18.1. The number of oxime groups is 1. The van der Waals surface area contributed by atoms with Crippen LogP contribution in [0.2, 0.25) is 15.1 Å². The highest BCUT2D eigenvalue weighted by molar-refractivity contribution is 7.87. The van der Waals surface area contributed by atoms with E-state index in [1.807, 2.05) is 12.1 Å². The number of hydrogen-bond acceptors (Lipinski definition) is 9. The summed E-state index contributed by atoms with van der Waals surface area (Å²) in [6.45, 7) is 6.16. The quantitative estimate of drug-likeness (QED) is 0.0656. The number of alkyl halides is 1. The fourth-order valence-corrected chi connectivity index (χ4v) is 6.30. The van der Waals surface area contributed by atoms with Crippen LogP contribution in [0.25, 0.3) is 0 Å². The fraction of sp³-hybridized carbons (Fsp3) is 0.300. The zero-order chi connectivity index (χ0) is 32.8. The summed E-state index contributed by atoms with van der Waals surface area (Å²) < 4.78 is 58.8. The third kappa shape index (κ3) is 9.39. The molecule has 0 amide bonds. The number of hydrogen-bond donors (Lipinski definition) is 0. The molecule has 0 aliphatic heterocycles. The molecule has 3 rings (SSSR count). The molecule has 236 valence electrons. The van der Waals surface area contributed by atoms with Crippen molar-refractivity contribution in [1.82, 2.24) is 0 Å². The highest BCUT2D eigenvalue weighted by Gasteiger charge is 2.39. The summed E-state index contributed by atoms with van der Waals surface area (Å²) in [4.78, 5) is 30.1. The molecule has 0 radical (unpaired) electrons. The van der Waals surface area contributed by atoms with Crippen LogP contribution in [0, 0.1) is 27.7 Å². The first-order valence-corrected chi connectivity index (χ1v) is 15.5. The Kier molecular flexibility index (Phi) is 12.2. The largest absolute Gasteiger partial charge is 0.459 e. The van der Waals surface area contributed by atoms with Gasteiger partial charge in [-0.05, 0) is 64.1 Å². The number of halogens is 4. The second-order valence-electron chi connectivity index (χ2n) is 9.89. The molecule has 0 heterocycles. The first-order chi connectivity index (χ1) is 20.6. The van der Waals surface area contributed by atoms with Crippen molar-refractivity contribution in [2.24, 2.45) is 5.16 Å². The molecule has 44 heavy (non-hydrogen) atoms. The Morgan fingerprint density at radius 2 is 1.32 bits per heavy atom. The Hall–Kier alpha value is -3.22. The zero-order valence-corrected chi connectivity index (χ0v) is 27.4. The van der Waals surface area contributed by atoms with Gasteiger partial charge in [0.15, 0.2) is 18.4 Å². The predicted octanol–water partition coefficient (Wildman–Crippen LogP) is 7.01. The first-order valence-electron chi connectivity index (χ1n) is 12.9. The highest BCUT2D eigenvalue weighted by Crippen LogP contribution is 2.33. The van der Waals surface area contributed by atoms with Crippen molar-refractivity contribution in [3.05, 3.63) is 97.0 Å². The lowest BCUT2D eigenvalue weighted by atomic mass is 10.1. The number of nitrogens with zero attached hydrogens (tertiary/aromatic N) is 1. The topological polar surface area (TPSA) is 118 Å². The van der Waals surface area contributed by atoms with Gasteiger partial charge in [0.05, 0.1) is 32.4 Å². The molecule has 0 unspecified atom stereocenters. The molecule has 0 N–H and O–H groups in total. The average molecular weight is 689 g/mol. The lowest BCUT2D eigenvalue weighted by molar-refractivity contribution is -0.0478. The fourth-order valence-electron chi connectivity index (χ4n) is 4.26. The summed E-state index contributed by atoms with van der Waals surface area (Å²) in [5, 5.41) is 2.83. The number of ether oxygens (including phenoxy) is 2. The summed E-state index contributed by atoms with van der Waals surface area (Å²) in [7, 11) is -3.72. The van der Waals surface area contributed by atoms with E-state index in [4.69, 9.17) is 48.5 Å². The number of carbonyl (C=O) groups is 2. The van der Waals surface area contributed by atoms with E-state index in [1.165, 1.54) is 12.1 Å². The number of rotatable bonds is 12.